The van der Waals surface area contributed by atoms with E-state index in [9.17, 15) is 9.59 Å². The van der Waals surface area contributed by atoms with Crippen molar-refractivity contribution < 1.29 is 24.5 Å². The Labute approximate surface area is 171 Å². The van der Waals surface area contributed by atoms with Crippen LogP contribution in [0.3, 0.4) is 0 Å². The van der Waals surface area contributed by atoms with Crippen molar-refractivity contribution >= 4 is 71.1 Å². The average Bonchev–Trinajstić information content (AvgIpc) is 2.45. The summed E-state index contributed by atoms with van der Waals surface area (Å²) in [5, 5.41) is 17.8. The van der Waals surface area contributed by atoms with E-state index in [0.29, 0.717) is 0 Å². The van der Waals surface area contributed by atoms with Crippen LogP contribution in [0.15, 0.2) is 42.5 Å². The molecule has 0 saturated heterocycles. The van der Waals surface area contributed by atoms with Gasteiger partial charge in [0, 0.05) is 71.2 Å². The van der Waals surface area contributed by atoms with Gasteiger partial charge in [-0.3, -0.25) is 0 Å². The van der Waals surface area contributed by atoms with E-state index in [1.165, 1.54) is 12.1 Å². The molecule has 0 fully saturated rings. The second-order valence-corrected chi connectivity index (χ2v) is 3.96. The molecule has 1 heterocycles. The van der Waals surface area contributed by atoms with Crippen LogP contribution in [0.4, 0.5) is 0 Å². The van der Waals surface area contributed by atoms with Gasteiger partial charge in [0.15, 0.2) is 11.4 Å². The standard InChI is InChI=1S/C14H11NO5.2Na/c16-13(17)11-6-10(7-12(15-11)14(18)19)20-8-9-4-2-1-3-5-9;;/h1-7H,8H2,(H,16,17)(H,18,19);;. The maximum absolute atomic E-state index is 10.9. The summed E-state index contributed by atoms with van der Waals surface area (Å²) in [6, 6.07) is 11.6. The number of carbonyl (C=O) groups is 2. The van der Waals surface area contributed by atoms with Crippen LogP contribution >= 0.6 is 0 Å². The van der Waals surface area contributed by atoms with Crippen molar-refractivity contribution in [2.24, 2.45) is 0 Å². The Morgan fingerprint density at radius 3 is 1.91 bits per heavy atom. The minimum absolute atomic E-state index is 0. The first kappa shape index (κ1) is 21.1. The van der Waals surface area contributed by atoms with E-state index in [4.69, 9.17) is 14.9 Å². The van der Waals surface area contributed by atoms with Crippen LogP contribution in [-0.4, -0.2) is 86.3 Å². The molecule has 0 aliphatic heterocycles. The zero-order valence-electron chi connectivity index (χ0n) is 12.3. The van der Waals surface area contributed by atoms with E-state index in [2.05, 4.69) is 4.98 Å². The van der Waals surface area contributed by atoms with Crippen molar-refractivity contribution in [3.63, 3.8) is 0 Å². The van der Waals surface area contributed by atoms with Crippen LogP contribution < -0.4 is 4.74 Å². The molecule has 0 bridgehead atoms. The van der Waals surface area contributed by atoms with Crippen LogP contribution in [0.25, 0.3) is 0 Å². The molecule has 2 aromatic rings. The van der Waals surface area contributed by atoms with Crippen LogP contribution in [0.2, 0.25) is 0 Å². The van der Waals surface area contributed by atoms with Gasteiger partial charge in [-0.15, -0.1) is 0 Å². The molecule has 0 atom stereocenters. The summed E-state index contributed by atoms with van der Waals surface area (Å²) in [5.41, 5.74) is 0.152. The second kappa shape index (κ2) is 9.99. The molecule has 0 spiro atoms. The molecule has 104 valence electrons. The van der Waals surface area contributed by atoms with Gasteiger partial charge in [-0.05, 0) is 5.56 Å². The minimum atomic E-state index is -1.31. The van der Waals surface area contributed by atoms with Gasteiger partial charge in [0.2, 0.25) is 0 Å². The van der Waals surface area contributed by atoms with Gasteiger partial charge >= 0.3 is 11.9 Å². The molecule has 8 heteroatoms. The number of carboxylic acid groups (broad SMARTS) is 2. The van der Waals surface area contributed by atoms with Crippen molar-refractivity contribution in [2.75, 3.05) is 0 Å². The Bertz CT molecular complexity index is 617. The van der Waals surface area contributed by atoms with E-state index in [1.54, 1.807) is 0 Å². The number of hydrogen-bond donors (Lipinski definition) is 2. The van der Waals surface area contributed by atoms with Crippen molar-refractivity contribution in [1.82, 2.24) is 4.98 Å². The first-order chi connectivity index (χ1) is 9.56. The Morgan fingerprint density at radius 2 is 1.45 bits per heavy atom. The predicted octanol–water partition coefficient (Wildman–Crippen LogP) is 1.30. The molecule has 6 nitrogen and oxygen atoms in total. The number of aromatic carboxylic acids is 2. The number of nitrogens with zero attached hydrogens (tertiary/aromatic N) is 1. The first-order valence-electron chi connectivity index (χ1n) is 5.71. The number of hydrogen-bond acceptors (Lipinski definition) is 4. The molecule has 0 saturated carbocycles. The maximum Gasteiger partial charge on any atom is 0.354 e. The van der Waals surface area contributed by atoms with E-state index >= 15 is 0 Å². The summed E-state index contributed by atoms with van der Waals surface area (Å²) in [7, 11) is 0. The van der Waals surface area contributed by atoms with Crippen LogP contribution in [0.5, 0.6) is 5.75 Å². The van der Waals surface area contributed by atoms with Gasteiger partial charge in [0.05, 0.1) is 0 Å². The zero-order chi connectivity index (χ0) is 14.5. The van der Waals surface area contributed by atoms with Gasteiger partial charge in [-0.2, -0.15) is 0 Å². The normalized spacial score (nSPS) is 9.09. The summed E-state index contributed by atoms with van der Waals surface area (Å²) < 4.78 is 5.41. The number of rotatable bonds is 5. The number of carboxylic acids is 2. The monoisotopic (exact) mass is 319 g/mol. The van der Waals surface area contributed by atoms with Gasteiger partial charge < -0.3 is 14.9 Å². The predicted molar refractivity (Wildman–Crippen MR) is 80.4 cm³/mol. The number of aromatic nitrogens is 1. The summed E-state index contributed by atoms with van der Waals surface area (Å²) in [5.74, 6) is -2.46. The van der Waals surface area contributed by atoms with Crippen LogP contribution in [-0.2, 0) is 6.61 Å². The molecule has 0 unspecified atom stereocenters. The molecule has 2 rings (SSSR count). The SMILES string of the molecule is O=C(O)c1cc(OCc2ccccc2)cc(C(=O)O)n1.[Na].[Na]. The van der Waals surface area contributed by atoms with Crippen LogP contribution in [0, 0.1) is 0 Å². The third-order valence-corrected chi connectivity index (χ3v) is 2.49. The topological polar surface area (TPSA) is 96.7 Å². The Kier molecular flexibility index (Phi) is 9.59. The van der Waals surface area contributed by atoms with E-state index in [-0.39, 0.29) is 82.9 Å². The van der Waals surface area contributed by atoms with Gasteiger partial charge in [-0.25, -0.2) is 14.6 Å². The molecule has 0 aliphatic rings. The molecule has 1 aromatic carbocycles. The van der Waals surface area contributed by atoms with E-state index in [0.717, 1.165) is 5.56 Å². The largest absolute Gasteiger partial charge is 0.489 e. The van der Waals surface area contributed by atoms with Gasteiger partial charge in [0.1, 0.15) is 12.4 Å². The van der Waals surface area contributed by atoms with E-state index < -0.39 is 11.9 Å². The third kappa shape index (κ3) is 6.08. The fourth-order valence-corrected chi connectivity index (χ4v) is 1.55. The Hall–Kier alpha value is -0.890. The minimum Gasteiger partial charge on any atom is -0.489 e. The average molecular weight is 319 g/mol. The zero-order valence-corrected chi connectivity index (χ0v) is 16.3. The summed E-state index contributed by atoms with van der Waals surface area (Å²) >= 11 is 0. The van der Waals surface area contributed by atoms with Crippen molar-refractivity contribution in [3.05, 3.63) is 59.4 Å². The number of benzene rings is 1. The Morgan fingerprint density at radius 1 is 0.955 bits per heavy atom. The quantitative estimate of drug-likeness (QED) is 0.806. The third-order valence-electron chi connectivity index (χ3n) is 2.49. The molecule has 22 heavy (non-hydrogen) atoms. The second-order valence-electron chi connectivity index (χ2n) is 3.96. The Balaban J connectivity index is 0.00000220. The van der Waals surface area contributed by atoms with E-state index in [1.807, 2.05) is 30.3 Å². The summed E-state index contributed by atoms with van der Waals surface area (Å²) in [4.78, 5) is 25.3. The smallest absolute Gasteiger partial charge is 0.354 e. The summed E-state index contributed by atoms with van der Waals surface area (Å²) in [6.07, 6.45) is 0. The maximum atomic E-state index is 10.9. The molecule has 2 N–H and O–H groups in total. The molecule has 0 aliphatic carbocycles. The fraction of sp³-hybridized carbons (Fsp3) is 0.0714. The van der Waals surface area contributed by atoms with Crippen LogP contribution in [0.1, 0.15) is 26.5 Å². The molecule has 0 amide bonds. The fourth-order valence-electron chi connectivity index (χ4n) is 1.55. The molecule has 2 radical (unpaired) electrons. The van der Waals surface area contributed by atoms with Gasteiger partial charge in [0.25, 0.3) is 0 Å². The van der Waals surface area contributed by atoms with Gasteiger partial charge in [-0.1, -0.05) is 30.3 Å². The van der Waals surface area contributed by atoms with Crippen molar-refractivity contribution in [2.45, 2.75) is 6.61 Å². The van der Waals surface area contributed by atoms with Crippen molar-refractivity contribution in [3.8, 4) is 5.75 Å². The first-order valence-corrected chi connectivity index (χ1v) is 5.71. The summed E-state index contributed by atoms with van der Waals surface area (Å²) in [6.45, 7) is 0.211. The number of ether oxygens (including phenoxy) is 1. The number of pyridine rings is 1. The molecular formula is C14H11NNa2O5. The van der Waals surface area contributed by atoms with Crippen molar-refractivity contribution in [1.29, 1.82) is 0 Å². The molecular weight excluding hydrogens is 308 g/mol. The molecule has 1 aromatic heterocycles.